The Hall–Kier alpha value is -2.76. The molecule has 2 aromatic carbocycles. The maximum atomic E-state index is 13.1. The Labute approximate surface area is 120 Å². The Morgan fingerprint density at radius 1 is 1.19 bits per heavy atom. The number of anilines is 2. The van der Waals surface area contributed by atoms with Crippen molar-refractivity contribution in [3.63, 3.8) is 0 Å². The first-order valence-electron chi connectivity index (χ1n) is 6.09. The molecular formula is C15H13F2N3O. The molecule has 0 spiro atoms. The maximum absolute atomic E-state index is 13.1. The number of hydrogen-bond donors (Lipinski definition) is 2. The van der Waals surface area contributed by atoms with Crippen LogP contribution in [0.4, 0.5) is 20.2 Å². The molecule has 0 heterocycles. The fraction of sp³-hybridized carbons (Fsp3) is 0.0667. The van der Waals surface area contributed by atoms with Crippen LogP contribution in [0.5, 0.6) is 0 Å². The molecule has 0 fully saturated rings. The highest BCUT2D eigenvalue weighted by Crippen LogP contribution is 2.16. The van der Waals surface area contributed by atoms with E-state index >= 15 is 0 Å². The van der Waals surface area contributed by atoms with Gasteiger partial charge in [0.15, 0.2) is 11.6 Å². The van der Waals surface area contributed by atoms with Crippen LogP contribution in [0.1, 0.15) is 15.9 Å². The first-order chi connectivity index (χ1) is 10.0. The summed E-state index contributed by atoms with van der Waals surface area (Å²) in [7, 11) is 1.59. The summed E-state index contributed by atoms with van der Waals surface area (Å²) < 4.78 is 25.9. The summed E-state index contributed by atoms with van der Waals surface area (Å²) in [5, 5.41) is 2.48. The first-order valence-corrected chi connectivity index (χ1v) is 6.09. The third-order valence-electron chi connectivity index (χ3n) is 2.79. The normalized spacial score (nSPS) is 10.8. The SMILES string of the molecule is CN=Cc1cc(C(=O)Nc2ccc(F)c(F)c2)ccc1N. The molecule has 2 aromatic rings. The van der Waals surface area contributed by atoms with Gasteiger partial charge in [0.1, 0.15) is 0 Å². The molecular weight excluding hydrogens is 276 g/mol. The van der Waals surface area contributed by atoms with Crippen LogP contribution in [0.25, 0.3) is 0 Å². The van der Waals surface area contributed by atoms with Gasteiger partial charge in [-0.3, -0.25) is 9.79 Å². The van der Waals surface area contributed by atoms with E-state index in [4.69, 9.17) is 5.73 Å². The number of nitrogens with one attached hydrogen (secondary N) is 1. The molecule has 0 unspecified atom stereocenters. The van der Waals surface area contributed by atoms with Gasteiger partial charge in [-0.2, -0.15) is 0 Å². The average molecular weight is 289 g/mol. The van der Waals surface area contributed by atoms with Gasteiger partial charge in [0, 0.05) is 41.8 Å². The summed E-state index contributed by atoms with van der Waals surface area (Å²) in [6.45, 7) is 0. The molecule has 0 aliphatic carbocycles. The van der Waals surface area contributed by atoms with E-state index in [-0.39, 0.29) is 5.69 Å². The zero-order valence-electron chi connectivity index (χ0n) is 11.2. The lowest BCUT2D eigenvalue weighted by atomic mass is 10.1. The van der Waals surface area contributed by atoms with E-state index in [9.17, 15) is 13.6 Å². The zero-order chi connectivity index (χ0) is 15.4. The molecule has 21 heavy (non-hydrogen) atoms. The smallest absolute Gasteiger partial charge is 0.255 e. The lowest BCUT2D eigenvalue weighted by Gasteiger charge is -2.07. The molecule has 6 heteroatoms. The van der Waals surface area contributed by atoms with E-state index in [1.807, 2.05) is 0 Å². The van der Waals surface area contributed by atoms with Crippen molar-refractivity contribution in [3.8, 4) is 0 Å². The van der Waals surface area contributed by atoms with Gasteiger partial charge in [-0.25, -0.2) is 8.78 Å². The summed E-state index contributed by atoms with van der Waals surface area (Å²) in [5.74, 6) is -2.45. The van der Waals surface area contributed by atoms with Crippen LogP contribution < -0.4 is 11.1 Å². The number of aliphatic imine (C=N–C) groups is 1. The van der Waals surface area contributed by atoms with Crippen LogP contribution >= 0.6 is 0 Å². The quantitative estimate of drug-likeness (QED) is 0.674. The van der Waals surface area contributed by atoms with E-state index in [0.29, 0.717) is 16.8 Å². The molecule has 0 aliphatic heterocycles. The molecule has 0 aromatic heterocycles. The maximum Gasteiger partial charge on any atom is 0.255 e. The number of nitrogen functional groups attached to an aromatic ring is 1. The minimum Gasteiger partial charge on any atom is -0.398 e. The summed E-state index contributed by atoms with van der Waals surface area (Å²) in [5.41, 5.74) is 7.35. The number of hydrogen-bond acceptors (Lipinski definition) is 3. The molecule has 0 bridgehead atoms. The molecule has 0 saturated carbocycles. The minimum absolute atomic E-state index is 0.168. The molecule has 0 aliphatic rings. The van der Waals surface area contributed by atoms with Crippen molar-refractivity contribution in [2.75, 3.05) is 18.1 Å². The Balaban J connectivity index is 2.24. The van der Waals surface area contributed by atoms with Crippen molar-refractivity contribution in [1.29, 1.82) is 0 Å². The van der Waals surface area contributed by atoms with Gasteiger partial charge in [0.2, 0.25) is 0 Å². The minimum atomic E-state index is -1.02. The number of rotatable bonds is 3. The van der Waals surface area contributed by atoms with E-state index in [1.54, 1.807) is 19.2 Å². The fourth-order valence-corrected chi connectivity index (χ4v) is 1.74. The van der Waals surface area contributed by atoms with Gasteiger partial charge < -0.3 is 11.1 Å². The third-order valence-corrected chi connectivity index (χ3v) is 2.79. The van der Waals surface area contributed by atoms with Crippen LogP contribution in [0.15, 0.2) is 41.4 Å². The Kier molecular flexibility index (Phi) is 4.27. The molecule has 0 radical (unpaired) electrons. The second kappa shape index (κ2) is 6.13. The lowest BCUT2D eigenvalue weighted by Crippen LogP contribution is -2.13. The first kappa shape index (κ1) is 14.6. The van der Waals surface area contributed by atoms with Crippen LogP contribution in [0, 0.1) is 11.6 Å². The van der Waals surface area contributed by atoms with Gasteiger partial charge in [0.25, 0.3) is 5.91 Å². The fourth-order valence-electron chi connectivity index (χ4n) is 1.74. The molecule has 0 atom stereocenters. The summed E-state index contributed by atoms with van der Waals surface area (Å²) in [4.78, 5) is 15.9. The van der Waals surface area contributed by atoms with Gasteiger partial charge >= 0.3 is 0 Å². The van der Waals surface area contributed by atoms with E-state index in [0.717, 1.165) is 12.1 Å². The topological polar surface area (TPSA) is 67.5 Å². The summed E-state index contributed by atoms with van der Waals surface area (Å²) in [6, 6.07) is 7.83. The van der Waals surface area contributed by atoms with Crippen LogP contribution in [0.2, 0.25) is 0 Å². The van der Waals surface area contributed by atoms with Crippen LogP contribution in [0.3, 0.4) is 0 Å². The predicted octanol–water partition coefficient (Wildman–Crippen LogP) is 2.85. The zero-order valence-corrected chi connectivity index (χ0v) is 11.2. The molecule has 108 valence electrons. The van der Waals surface area contributed by atoms with Gasteiger partial charge in [0.05, 0.1) is 0 Å². The summed E-state index contributed by atoms with van der Waals surface area (Å²) >= 11 is 0. The number of benzene rings is 2. The van der Waals surface area contributed by atoms with Gasteiger partial charge in [-0.1, -0.05) is 0 Å². The number of amides is 1. The molecule has 3 N–H and O–H groups in total. The second-order valence-electron chi connectivity index (χ2n) is 4.31. The van der Waals surface area contributed by atoms with E-state index in [1.165, 1.54) is 18.3 Å². The number of carbonyl (C=O) groups excluding carboxylic acids is 1. The molecule has 0 saturated heterocycles. The monoisotopic (exact) mass is 289 g/mol. The number of nitrogens with two attached hydrogens (primary N) is 1. The van der Waals surface area contributed by atoms with Crippen molar-refractivity contribution < 1.29 is 13.6 Å². The Morgan fingerprint density at radius 3 is 2.62 bits per heavy atom. The van der Waals surface area contributed by atoms with Crippen molar-refractivity contribution in [2.45, 2.75) is 0 Å². The number of halogens is 2. The lowest BCUT2D eigenvalue weighted by molar-refractivity contribution is 0.102. The third kappa shape index (κ3) is 3.42. The van der Waals surface area contributed by atoms with Crippen molar-refractivity contribution in [2.24, 2.45) is 4.99 Å². The van der Waals surface area contributed by atoms with E-state index < -0.39 is 17.5 Å². The van der Waals surface area contributed by atoms with E-state index in [2.05, 4.69) is 10.3 Å². The van der Waals surface area contributed by atoms with Gasteiger partial charge in [-0.05, 0) is 30.3 Å². The predicted molar refractivity (Wildman–Crippen MR) is 78.7 cm³/mol. The van der Waals surface area contributed by atoms with Gasteiger partial charge in [-0.15, -0.1) is 0 Å². The summed E-state index contributed by atoms with van der Waals surface area (Å²) in [6.07, 6.45) is 1.53. The highest BCUT2D eigenvalue weighted by Gasteiger charge is 2.10. The number of nitrogens with zero attached hydrogens (tertiary/aromatic N) is 1. The Morgan fingerprint density at radius 2 is 1.95 bits per heavy atom. The average Bonchev–Trinajstić information content (AvgIpc) is 2.45. The largest absolute Gasteiger partial charge is 0.398 e. The Bertz CT molecular complexity index is 714. The molecule has 2 rings (SSSR count). The second-order valence-corrected chi connectivity index (χ2v) is 4.31. The molecule has 4 nitrogen and oxygen atoms in total. The number of carbonyl (C=O) groups is 1. The van der Waals surface area contributed by atoms with Crippen molar-refractivity contribution >= 4 is 23.5 Å². The van der Waals surface area contributed by atoms with Crippen molar-refractivity contribution in [1.82, 2.24) is 0 Å². The molecule has 1 amide bonds. The van der Waals surface area contributed by atoms with Crippen molar-refractivity contribution in [3.05, 3.63) is 59.2 Å². The standard InChI is InChI=1S/C15H13F2N3O/c1-19-8-10-6-9(2-5-14(10)18)15(21)20-11-3-4-12(16)13(17)7-11/h2-8H,18H2,1H3,(H,20,21). The van der Waals surface area contributed by atoms with Crippen LogP contribution in [-0.4, -0.2) is 19.2 Å². The highest BCUT2D eigenvalue weighted by atomic mass is 19.2. The highest BCUT2D eigenvalue weighted by molar-refractivity contribution is 6.05. The van der Waals surface area contributed by atoms with Crippen LogP contribution in [-0.2, 0) is 0 Å².